The fourth-order valence-corrected chi connectivity index (χ4v) is 4.09. The van der Waals surface area contributed by atoms with Crippen molar-refractivity contribution in [1.29, 1.82) is 0 Å². The quantitative estimate of drug-likeness (QED) is 0.740. The van der Waals surface area contributed by atoms with Gasteiger partial charge in [-0.1, -0.05) is 19.8 Å². The van der Waals surface area contributed by atoms with Gasteiger partial charge in [0.15, 0.2) is 9.84 Å². The van der Waals surface area contributed by atoms with Gasteiger partial charge in [0, 0.05) is 19.6 Å². The lowest BCUT2D eigenvalue weighted by Crippen LogP contribution is -2.42. The van der Waals surface area contributed by atoms with Gasteiger partial charge < -0.3 is 4.90 Å². The second-order valence-corrected chi connectivity index (χ2v) is 7.88. The van der Waals surface area contributed by atoms with Crippen molar-refractivity contribution < 1.29 is 8.42 Å². The molecule has 0 aromatic carbocycles. The van der Waals surface area contributed by atoms with Crippen molar-refractivity contribution in [3.63, 3.8) is 0 Å². The zero-order valence-corrected chi connectivity index (χ0v) is 11.0. The van der Waals surface area contributed by atoms with Gasteiger partial charge in [0.25, 0.3) is 0 Å². The van der Waals surface area contributed by atoms with Gasteiger partial charge in [0.2, 0.25) is 0 Å². The largest absolute Gasteiger partial charge is 0.301 e. The Bertz CT molecular complexity index is 304. The van der Waals surface area contributed by atoms with Gasteiger partial charge in [0.1, 0.15) is 0 Å². The van der Waals surface area contributed by atoms with Crippen LogP contribution in [0.2, 0.25) is 0 Å². The summed E-state index contributed by atoms with van der Waals surface area (Å²) in [5, 5.41) is 0. The first-order valence-electron chi connectivity index (χ1n) is 6.48. The van der Waals surface area contributed by atoms with Crippen LogP contribution in [0.5, 0.6) is 0 Å². The van der Waals surface area contributed by atoms with Crippen LogP contribution in [0, 0.1) is 11.8 Å². The highest BCUT2D eigenvalue weighted by molar-refractivity contribution is 7.91. The van der Waals surface area contributed by atoms with Crippen LogP contribution >= 0.6 is 0 Å². The lowest BCUT2D eigenvalue weighted by molar-refractivity contribution is 0.194. The molecule has 0 aromatic heterocycles. The normalized spacial score (nSPS) is 36.1. The smallest absolute Gasteiger partial charge is 0.152 e. The molecule has 0 aromatic rings. The third kappa shape index (κ3) is 3.45. The van der Waals surface area contributed by atoms with Crippen LogP contribution in [0.1, 0.15) is 32.6 Å². The average Bonchev–Trinajstić information content (AvgIpc) is 2.24. The molecule has 94 valence electrons. The molecule has 2 aliphatic rings. The van der Waals surface area contributed by atoms with Gasteiger partial charge in [-0.15, -0.1) is 0 Å². The highest BCUT2D eigenvalue weighted by Crippen LogP contribution is 2.29. The first-order chi connectivity index (χ1) is 7.55. The van der Waals surface area contributed by atoms with E-state index in [1.807, 2.05) is 0 Å². The summed E-state index contributed by atoms with van der Waals surface area (Å²) in [7, 11) is -2.71. The summed E-state index contributed by atoms with van der Waals surface area (Å²) >= 11 is 0. The summed E-state index contributed by atoms with van der Waals surface area (Å²) in [5.74, 6) is 2.46. The molecule has 1 aliphatic heterocycles. The van der Waals surface area contributed by atoms with E-state index in [4.69, 9.17) is 0 Å². The second kappa shape index (κ2) is 5.05. The molecule has 0 bridgehead atoms. The van der Waals surface area contributed by atoms with Crippen LogP contribution in [0.25, 0.3) is 0 Å². The summed E-state index contributed by atoms with van der Waals surface area (Å²) in [6.07, 6.45) is 5.39. The number of nitrogens with zero attached hydrogens (tertiary/aromatic N) is 1. The van der Waals surface area contributed by atoms with Gasteiger partial charge in [-0.05, 0) is 24.7 Å². The highest BCUT2D eigenvalue weighted by Gasteiger charge is 2.25. The molecule has 0 radical (unpaired) electrons. The van der Waals surface area contributed by atoms with Gasteiger partial charge in [-0.25, -0.2) is 8.42 Å². The van der Waals surface area contributed by atoms with E-state index in [-0.39, 0.29) is 0 Å². The molecular weight excluding hydrogens is 222 g/mol. The van der Waals surface area contributed by atoms with Crippen molar-refractivity contribution in [2.45, 2.75) is 32.6 Å². The monoisotopic (exact) mass is 245 g/mol. The van der Waals surface area contributed by atoms with Crippen LogP contribution in [0.4, 0.5) is 0 Å². The van der Waals surface area contributed by atoms with Gasteiger partial charge in [0.05, 0.1) is 11.5 Å². The number of sulfone groups is 1. The van der Waals surface area contributed by atoms with Crippen LogP contribution in [0.15, 0.2) is 0 Å². The molecule has 1 heterocycles. The molecule has 1 saturated carbocycles. The van der Waals surface area contributed by atoms with Crippen LogP contribution in [-0.2, 0) is 9.84 Å². The molecule has 1 aliphatic carbocycles. The number of hydrogen-bond donors (Lipinski definition) is 0. The molecule has 0 spiro atoms. The third-order valence-corrected chi connectivity index (χ3v) is 5.70. The summed E-state index contributed by atoms with van der Waals surface area (Å²) in [6.45, 7) is 4.98. The molecule has 16 heavy (non-hydrogen) atoms. The van der Waals surface area contributed by atoms with Crippen molar-refractivity contribution in [2.24, 2.45) is 11.8 Å². The van der Waals surface area contributed by atoms with E-state index in [1.165, 1.54) is 25.7 Å². The Balaban J connectivity index is 1.75. The Morgan fingerprint density at radius 2 is 1.62 bits per heavy atom. The molecule has 2 fully saturated rings. The van der Waals surface area contributed by atoms with E-state index < -0.39 is 9.84 Å². The fourth-order valence-electron chi connectivity index (χ4n) is 2.81. The Kier molecular flexibility index (Phi) is 3.90. The number of rotatable bonds is 2. The maximum Gasteiger partial charge on any atom is 0.152 e. The maximum absolute atomic E-state index is 11.3. The van der Waals surface area contributed by atoms with Crippen LogP contribution in [0.3, 0.4) is 0 Å². The first kappa shape index (κ1) is 12.4. The Morgan fingerprint density at radius 3 is 2.19 bits per heavy atom. The Hall–Kier alpha value is -0.0900. The molecule has 3 nitrogen and oxygen atoms in total. The molecule has 2 rings (SSSR count). The highest BCUT2D eigenvalue weighted by atomic mass is 32.2. The number of hydrogen-bond acceptors (Lipinski definition) is 3. The molecule has 0 amide bonds. The van der Waals surface area contributed by atoms with Gasteiger partial charge in [-0.2, -0.15) is 0 Å². The maximum atomic E-state index is 11.3. The molecule has 0 atom stereocenters. The second-order valence-electron chi connectivity index (χ2n) is 5.58. The van der Waals surface area contributed by atoms with Crippen molar-refractivity contribution >= 4 is 9.84 Å². The molecule has 4 heteroatoms. The third-order valence-electron chi connectivity index (χ3n) is 4.09. The Morgan fingerprint density at radius 1 is 1.06 bits per heavy atom. The zero-order chi connectivity index (χ0) is 11.6. The summed E-state index contributed by atoms with van der Waals surface area (Å²) in [5.41, 5.74) is 0. The minimum absolute atomic E-state index is 0.371. The SMILES string of the molecule is CC1CCC(CN2CCS(=O)(=O)CC2)CC1. The van der Waals surface area contributed by atoms with Gasteiger partial charge >= 0.3 is 0 Å². The van der Waals surface area contributed by atoms with E-state index in [0.717, 1.165) is 31.5 Å². The van der Waals surface area contributed by atoms with Crippen molar-refractivity contribution in [3.05, 3.63) is 0 Å². The predicted octanol–water partition coefficient (Wildman–Crippen LogP) is 1.54. The minimum Gasteiger partial charge on any atom is -0.301 e. The van der Waals surface area contributed by atoms with Crippen molar-refractivity contribution in [2.75, 3.05) is 31.1 Å². The van der Waals surface area contributed by atoms with Crippen molar-refractivity contribution in [3.8, 4) is 0 Å². The lowest BCUT2D eigenvalue weighted by Gasteiger charge is -2.33. The van der Waals surface area contributed by atoms with E-state index in [0.29, 0.717) is 11.5 Å². The minimum atomic E-state index is -2.71. The molecule has 1 saturated heterocycles. The Labute approximate surface area is 99.1 Å². The predicted molar refractivity (Wildman–Crippen MR) is 66.2 cm³/mol. The first-order valence-corrected chi connectivity index (χ1v) is 8.30. The van der Waals surface area contributed by atoms with E-state index in [1.54, 1.807) is 0 Å². The lowest BCUT2D eigenvalue weighted by atomic mass is 9.83. The summed E-state index contributed by atoms with van der Waals surface area (Å²) in [4.78, 5) is 2.35. The van der Waals surface area contributed by atoms with E-state index in [9.17, 15) is 8.42 Å². The standard InChI is InChI=1S/C12H23NO2S/c1-11-2-4-12(5-3-11)10-13-6-8-16(14,15)9-7-13/h11-12H,2-10H2,1H3. The van der Waals surface area contributed by atoms with E-state index >= 15 is 0 Å². The summed E-state index contributed by atoms with van der Waals surface area (Å²) in [6, 6.07) is 0. The van der Waals surface area contributed by atoms with Crippen LogP contribution < -0.4 is 0 Å². The topological polar surface area (TPSA) is 37.4 Å². The molecule has 0 N–H and O–H groups in total. The molecular formula is C12H23NO2S. The van der Waals surface area contributed by atoms with Crippen LogP contribution in [-0.4, -0.2) is 44.5 Å². The molecule has 0 unspecified atom stereocenters. The zero-order valence-electron chi connectivity index (χ0n) is 10.2. The average molecular weight is 245 g/mol. The summed E-state index contributed by atoms with van der Waals surface area (Å²) < 4.78 is 22.6. The van der Waals surface area contributed by atoms with Gasteiger partial charge in [-0.3, -0.25) is 0 Å². The fraction of sp³-hybridized carbons (Fsp3) is 1.00. The van der Waals surface area contributed by atoms with Crippen molar-refractivity contribution in [1.82, 2.24) is 4.90 Å². The van der Waals surface area contributed by atoms with E-state index in [2.05, 4.69) is 11.8 Å².